The van der Waals surface area contributed by atoms with Gasteiger partial charge >= 0.3 is 0 Å². The lowest BCUT2D eigenvalue weighted by molar-refractivity contribution is -0.135. The van der Waals surface area contributed by atoms with E-state index in [2.05, 4.69) is 4.57 Å². The third kappa shape index (κ3) is 3.84. The minimum Gasteiger partial charge on any atom is -0.383 e. The zero-order chi connectivity index (χ0) is 19.6. The first-order valence-corrected chi connectivity index (χ1v) is 9.21. The number of nitrogens with zero attached hydrogens (tertiary/aromatic N) is 4. The van der Waals surface area contributed by atoms with Crippen molar-refractivity contribution in [2.24, 2.45) is 0 Å². The average Bonchev–Trinajstić information content (AvgIpc) is 3.04. The maximum Gasteiger partial charge on any atom is 0.256 e. The minimum atomic E-state index is -0.306. The molecule has 1 aliphatic rings. The number of ether oxygens (including phenoxy) is 1. The van der Waals surface area contributed by atoms with Gasteiger partial charge in [-0.1, -0.05) is 18.2 Å². The average molecular weight is 372 g/mol. The SMILES string of the molecule is COCCn1cc(C(=O)N2CCN(C)[C@@H](C(=O)N(C)C)C2)c2ccccc21. The quantitative estimate of drug-likeness (QED) is 0.790. The van der Waals surface area contributed by atoms with Crippen LogP contribution in [0.2, 0.25) is 0 Å². The number of amides is 2. The summed E-state index contributed by atoms with van der Waals surface area (Å²) in [7, 11) is 7.11. The van der Waals surface area contributed by atoms with E-state index < -0.39 is 0 Å². The highest BCUT2D eigenvalue weighted by Gasteiger charge is 2.34. The summed E-state index contributed by atoms with van der Waals surface area (Å²) in [5.74, 6) is 0.00421. The summed E-state index contributed by atoms with van der Waals surface area (Å²) in [5.41, 5.74) is 1.70. The van der Waals surface area contributed by atoms with Crippen molar-refractivity contribution < 1.29 is 14.3 Å². The summed E-state index contributed by atoms with van der Waals surface area (Å²) < 4.78 is 7.25. The zero-order valence-electron chi connectivity index (χ0n) is 16.5. The first-order valence-electron chi connectivity index (χ1n) is 9.21. The summed E-state index contributed by atoms with van der Waals surface area (Å²) >= 11 is 0. The van der Waals surface area contributed by atoms with Gasteiger partial charge < -0.3 is 19.1 Å². The molecule has 0 N–H and O–H groups in total. The Hall–Kier alpha value is -2.38. The van der Waals surface area contributed by atoms with Crippen LogP contribution in [0.5, 0.6) is 0 Å². The lowest BCUT2D eigenvalue weighted by Gasteiger charge is -2.39. The molecule has 146 valence electrons. The Balaban J connectivity index is 1.88. The molecule has 0 radical (unpaired) electrons. The van der Waals surface area contributed by atoms with Gasteiger partial charge in [0.2, 0.25) is 5.91 Å². The first-order chi connectivity index (χ1) is 12.9. The Morgan fingerprint density at radius 3 is 2.67 bits per heavy atom. The zero-order valence-corrected chi connectivity index (χ0v) is 16.5. The van der Waals surface area contributed by atoms with Gasteiger partial charge in [0.15, 0.2) is 0 Å². The number of piperazine rings is 1. The van der Waals surface area contributed by atoms with E-state index in [1.165, 1.54) is 0 Å². The number of methoxy groups -OCH3 is 1. The molecule has 1 atom stereocenters. The highest BCUT2D eigenvalue weighted by atomic mass is 16.5. The van der Waals surface area contributed by atoms with E-state index in [1.54, 1.807) is 31.0 Å². The molecule has 2 heterocycles. The van der Waals surface area contributed by atoms with E-state index in [0.29, 0.717) is 38.3 Å². The summed E-state index contributed by atoms with van der Waals surface area (Å²) in [6.45, 7) is 2.97. The number of likely N-dealkylation sites (N-methyl/N-ethyl adjacent to an activating group) is 2. The third-order valence-electron chi connectivity index (χ3n) is 5.22. The van der Waals surface area contributed by atoms with Crippen LogP contribution in [0, 0.1) is 0 Å². The largest absolute Gasteiger partial charge is 0.383 e. The molecule has 0 unspecified atom stereocenters. The summed E-state index contributed by atoms with van der Waals surface area (Å²) in [5, 5.41) is 0.938. The maximum absolute atomic E-state index is 13.3. The van der Waals surface area contributed by atoms with Crippen molar-refractivity contribution >= 4 is 22.7 Å². The molecule has 1 fully saturated rings. The lowest BCUT2D eigenvalue weighted by Crippen LogP contribution is -2.58. The van der Waals surface area contributed by atoms with Crippen LogP contribution in [0.3, 0.4) is 0 Å². The molecule has 1 aliphatic heterocycles. The molecule has 7 nitrogen and oxygen atoms in total. The molecule has 7 heteroatoms. The minimum absolute atomic E-state index is 0.0213. The van der Waals surface area contributed by atoms with Gasteiger partial charge in [0, 0.05) is 64.5 Å². The topological polar surface area (TPSA) is 58.0 Å². The molecule has 0 bridgehead atoms. The number of hydrogen-bond donors (Lipinski definition) is 0. The Morgan fingerprint density at radius 1 is 1.22 bits per heavy atom. The van der Waals surface area contributed by atoms with E-state index in [-0.39, 0.29) is 17.9 Å². The number of hydrogen-bond acceptors (Lipinski definition) is 4. The van der Waals surface area contributed by atoms with Gasteiger partial charge in [0.25, 0.3) is 5.91 Å². The number of carbonyl (C=O) groups excluding carboxylic acids is 2. The predicted molar refractivity (Wildman–Crippen MR) is 105 cm³/mol. The van der Waals surface area contributed by atoms with E-state index in [0.717, 1.165) is 10.9 Å². The van der Waals surface area contributed by atoms with Crippen LogP contribution in [0.15, 0.2) is 30.5 Å². The van der Waals surface area contributed by atoms with Crippen molar-refractivity contribution in [3.05, 3.63) is 36.0 Å². The van der Waals surface area contributed by atoms with Crippen molar-refractivity contribution in [1.82, 2.24) is 19.3 Å². The van der Waals surface area contributed by atoms with Gasteiger partial charge in [-0.05, 0) is 13.1 Å². The van der Waals surface area contributed by atoms with Crippen LogP contribution in [-0.4, -0.2) is 91.6 Å². The Bertz CT molecular complexity index is 830. The molecule has 27 heavy (non-hydrogen) atoms. The van der Waals surface area contributed by atoms with E-state index in [9.17, 15) is 9.59 Å². The molecule has 2 amide bonds. The molecular formula is C20H28N4O3. The summed E-state index contributed by atoms with van der Waals surface area (Å²) in [4.78, 5) is 31.2. The number of carbonyl (C=O) groups is 2. The van der Waals surface area contributed by atoms with Crippen molar-refractivity contribution in [3.63, 3.8) is 0 Å². The van der Waals surface area contributed by atoms with Crippen molar-refractivity contribution in [2.75, 3.05) is 54.5 Å². The van der Waals surface area contributed by atoms with Gasteiger partial charge in [-0.3, -0.25) is 14.5 Å². The lowest BCUT2D eigenvalue weighted by atomic mass is 10.1. The number of fused-ring (bicyclic) bond motifs is 1. The number of aromatic nitrogens is 1. The van der Waals surface area contributed by atoms with Crippen LogP contribution < -0.4 is 0 Å². The molecule has 1 saturated heterocycles. The van der Waals surface area contributed by atoms with Crippen LogP contribution in [0.4, 0.5) is 0 Å². The van der Waals surface area contributed by atoms with Gasteiger partial charge in [-0.25, -0.2) is 0 Å². The fraction of sp³-hybridized carbons (Fsp3) is 0.500. The molecule has 3 rings (SSSR count). The van der Waals surface area contributed by atoms with E-state index >= 15 is 0 Å². The Kier molecular flexibility index (Phi) is 5.82. The molecule has 0 spiro atoms. The van der Waals surface area contributed by atoms with E-state index in [4.69, 9.17) is 4.74 Å². The number of rotatable bonds is 5. The second-order valence-electron chi connectivity index (χ2n) is 7.23. The number of benzene rings is 1. The van der Waals surface area contributed by atoms with Crippen LogP contribution in [-0.2, 0) is 16.1 Å². The standard InChI is InChI=1S/C20H28N4O3/c1-21(2)20(26)18-14-24(10-9-22(18)3)19(25)16-13-23(11-12-27-4)17-8-6-5-7-15(16)17/h5-8,13,18H,9-12,14H2,1-4H3/t18-/m1/s1. The van der Waals surface area contributed by atoms with Crippen LogP contribution >= 0.6 is 0 Å². The smallest absolute Gasteiger partial charge is 0.256 e. The van der Waals surface area contributed by atoms with Crippen molar-refractivity contribution in [3.8, 4) is 0 Å². The predicted octanol–water partition coefficient (Wildman–Crippen LogP) is 1.13. The van der Waals surface area contributed by atoms with Gasteiger partial charge in [0.05, 0.1) is 12.2 Å². The Morgan fingerprint density at radius 2 is 1.96 bits per heavy atom. The first kappa shape index (κ1) is 19.4. The monoisotopic (exact) mass is 372 g/mol. The van der Waals surface area contributed by atoms with Gasteiger partial charge in [0.1, 0.15) is 6.04 Å². The van der Waals surface area contributed by atoms with Gasteiger partial charge in [-0.15, -0.1) is 0 Å². The highest BCUT2D eigenvalue weighted by Crippen LogP contribution is 2.24. The maximum atomic E-state index is 13.3. The summed E-state index contributed by atoms with van der Waals surface area (Å²) in [6, 6.07) is 7.61. The molecule has 1 aromatic carbocycles. The van der Waals surface area contributed by atoms with Crippen molar-refractivity contribution in [1.29, 1.82) is 0 Å². The second kappa shape index (κ2) is 8.10. The highest BCUT2D eigenvalue weighted by molar-refractivity contribution is 6.07. The molecule has 2 aromatic rings. The van der Waals surface area contributed by atoms with Crippen LogP contribution in [0.1, 0.15) is 10.4 Å². The summed E-state index contributed by atoms with van der Waals surface area (Å²) in [6.07, 6.45) is 1.91. The third-order valence-corrected chi connectivity index (χ3v) is 5.22. The fourth-order valence-electron chi connectivity index (χ4n) is 3.59. The molecule has 0 aliphatic carbocycles. The van der Waals surface area contributed by atoms with E-state index in [1.807, 2.05) is 42.4 Å². The normalized spacial score (nSPS) is 18.1. The molecular weight excluding hydrogens is 344 g/mol. The van der Waals surface area contributed by atoms with Crippen LogP contribution in [0.25, 0.3) is 10.9 Å². The van der Waals surface area contributed by atoms with Gasteiger partial charge in [-0.2, -0.15) is 0 Å². The number of para-hydroxylation sites is 1. The fourth-order valence-corrected chi connectivity index (χ4v) is 3.59. The Labute approximate surface area is 160 Å². The second-order valence-corrected chi connectivity index (χ2v) is 7.23. The molecule has 1 aromatic heterocycles. The molecule has 0 saturated carbocycles. The van der Waals surface area contributed by atoms with Crippen molar-refractivity contribution in [2.45, 2.75) is 12.6 Å².